The maximum absolute atomic E-state index is 14.2. The van der Waals surface area contributed by atoms with Crippen LogP contribution in [-0.2, 0) is 25.6 Å². The summed E-state index contributed by atoms with van der Waals surface area (Å²) in [7, 11) is 0. The van der Waals surface area contributed by atoms with Crippen LogP contribution in [0.25, 0.3) is 11.1 Å². The molecule has 1 aromatic heterocycles. The number of hydrazine groups is 1. The lowest BCUT2D eigenvalue weighted by Gasteiger charge is -2.24. The molecule has 0 aliphatic carbocycles. The van der Waals surface area contributed by atoms with Gasteiger partial charge in [0.05, 0.1) is 6.54 Å². The number of halogens is 2. The Morgan fingerprint density at radius 3 is 2.49 bits per heavy atom. The molecule has 208 valence electrons. The van der Waals surface area contributed by atoms with Crippen molar-refractivity contribution in [2.45, 2.75) is 32.5 Å². The van der Waals surface area contributed by atoms with E-state index in [4.69, 9.17) is 26.8 Å². The number of esters is 2. The number of H-pyrrole nitrogens is 1. The molecule has 0 aliphatic rings. The van der Waals surface area contributed by atoms with Gasteiger partial charge in [0.1, 0.15) is 11.9 Å². The fraction of sp³-hybridized carbons (Fsp3) is 0.333. The molecule has 1 amide bonds. The molecular formula is C24H27ClFN7O6. The van der Waals surface area contributed by atoms with Crippen LogP contribution >= 0.6 is 11.6 Å². The van der Waals surface area contributed by atoms with Crippen molar-refractivity contribution in [1.82, 2.24) is 31.1 Å². The number of aliphatic hydroxyl groups excluding tert-OH is 1. The zero-order valence-corrected chi connectivity index (χ0v) is 21.8. The van der Waals surface area contributed by atoms with E-state index in [1.165, 1.54) is 23.2 Å². The van der Waals surface area contributed by atoms with Gasteiger partial charge in [-0.3, -0.25) is 15.0 Å². The number of aromatic nitrogens is 4. The van der Waals surface area contributed by atoms with Crippen LogP contribution in [-0.4, -0.2) is 74.1 Å². The smallest absolute Gasteiger partial charge is 0.339 e. The summed E-state index contributed by atoms with van der Waals surface area (Å²) in [5, 5.41) is 24.6. The normalized spacial score (nSPS) is 12.7. The van der Waals surface area contributed by atoms with Crippen LogP contribution in [0.1, 0.15) is 30.0 Å². The molecule has 2 aromatic carbocycles. The fourth-order valence-electron chi connectivity index (χ4n) is 3.22. The third-order valence-electron chi connectivity index (χ3n) is 5.43. The number of hydrogen-bond acceptors (Lipinski definition) is 11. The van der Waals surface area contributed by atoms with Crippen LogP contribution in [0.5, 0.6) is 0 Å². The van der Waals surface area contributed by atoms with E-state index in [0.717, 1.165) is 0 Å². The number of nitrogens with two attached hydrogens (primary N) is 1. The molecule has 0 bridgehead atoms. The second-order valence-electron chi connectivity index (χ2n) is 8.71. The molecule has 39 heavy (non-hydrogen) atoms. The van der Waals surface area contributed by atoms with Crippen LogP contribution in [0.15, 0.2) is 42.5 Å². The molecule has 0 fully saturated rings. The minimum Gasteiger partial charge on any atom is -0.427 e. The highest BCUT2D eigenvalue weighted by atomic mass is 35.5. The van der Waals surface area contributed by atoms with Gasteiger partial charge in [0.15, 0.2) is 6.10 Å². The zero-order valence-electron chi connectivity index (χ0n) is 21.0. The van der Waals surface area contributed by atoms with Crippen LogP contribution in [0.2, 0.25) is 5.02 Å². The molecule has 15 heteroatoms. The summed E-state index contributed by atoms with van der Waals surface area (Å²) in [6.07, 6.45) is -1.74. The maximum Gasteiger partial charge on any atom is 0.339 e. The number of rotatable bonds is 12. The third kappa shape index (κ3) is 8.51. The van der Waals surface area contributed by atoms with Gasteiger partial charge in [-0.1, -0.05) is 49.7 Å². The Labute approximate surface area is 227 Å². The van der Waals surface area contributed by atoms with Crippen molar-refractivity contribution in [1.29, 1.82) is 0 Å². The van der Waals surface area contributed by atoms with E-state index in [0.29, 0.717) is 21.7 Å². The molecule has 0 spiro atoms. The van der Waals surface area contributed by atoms with E-state index in [9.17, 15) is 23.9 Å². The van der Waals surface area contributed by atoms with E-state index in [1.807, 2.05) is 0 Å². The van der Waals surface area contributed by atoms with Gasteiger partial charge in [0, 0.05) is 17.1 Å². The minimum atomic E-state index is -1.74. The molecule has 3 aromatic rings. The van der Waals surface area contributed by atoms with E-state index < -0.39 is 49.1 Å². The van der Waals surface area contributed by atoms with Crippen LogP contribution < -0.4 is 11.2 Å². The van der Waals surface area contributed by atoms with Gasteiger partial charge in [-0.15, -0.1) is 10.2 Å². The Balaban J connectivity index is 1.66. The Kier molecular flexibility index (Phi) is 10.4. The number of nitrogens with one attached hydrogen (secondary N) is 2. The number of aliphatic hydroxyl groups is 1. The molecule has 0 radical (unpaired) electrons. The molecule has 13 nitrogen and oxygen atoms in total. The predicted molar refractivity (Wildman–Crippen MR) is 135 cm³/mol. The second kappa shape index (κ2) is 13.7. The van der Waals surface area contributed by atoms with Gasteiger partial charge in [-0.25, -0.2) is 14.2 Å². The largest absolute Gasteiger partial charge is 0.427 e. The number of carbonyl (C=O) groups excluding carboxylic acids is 3. The number of hydrogen-bond donors (Lipinski definition) is 4. The Bertz CT molecular complexity index is 1280. The number of tetrazole rings is 1. The first-order valence-electron chi connectivity index (χ1n) is 11.7. The molecule has 3 rings (SSSR count). The lowest BCUT2D eigenvalue weighted by Crippen LogP contribution is -2.48. The summed E-state index contributed by atoms with van der Waals surface area (Å²) in [6, 6.07) is 9.97. The number of aromatic amines is 1. The Hall–Kier alpha value is -3.98. The quantitative estimate of drug-likeness (QED) is 0.141. The summed E-state index contributed by atoms with van der Waals surface area (Å²) >= 11 is 5.98. The molecule has 1 heterocycles. The zero-order chi connectivity index (χ0) is 28.5. The van der Waals surface area contributed by atoms with Gasteiger partial charge in [-0.05, 0) is 40.5 Å². The molecule has 5 N–H and O–H groups in total. The summed E-state index contributed by atoms with van der Waals surface area (Å²) < 4.78 is 23.8. The van der Waals surface area contributed by atoms with Crippen LogP contribution in [0.4, 0.5) is 4.39 Å². The molecular weight excluding hydrogens is 537 g/mol. The average Bonchev–Trinajstić information content (AvgIpc) is 3.45. The van der Waals surface area contributed by atoms with Crippen molar-refractivity contribution in [2.75, 3.05) is 13.3 Å². The summed E-state index contributed by atoms with van der Waals surface area (Å²) in [6.45, 7) is 2.29. The third-order valence-corrected chi connectivity index (χ3v) is 5.67. The Morgan fingerprint density at radius 1 is 1.15 bits per heavy atom. The second-order valence-corrected chi connectivity index (χ2v) is 9.14. The lowest BCUT2D eigenvalue weighted by molar-refractivity contribution is -0.175. The molecule has 0 unspecified atom stereocenters. The highest BCUT2D eigenvalue weighted by Gasteiger charge is 2.25. The van der Waals surface area contributed by atoms with E-state index in [2.05, 4.69) is 26.0 Å². The highest BCUT2D eigenvalue weighted by molar-refractivity contribution is 6.30. The first-order chi connectivity index (χ1) is 18.5. The van der Waals surface area contributed by atoms with Gasteiger partial charge in [0.25, 0.3) is 5.82 Å². The van der Waals surface area contributed by atoms with Crippen LogP contribution in [0.3, 0.4) is 0 Å². The molecule has 0 aliphatic heterocycles. The molecule has 0 saturated carbocycles. The van der Waals surface area contributed by atoms with Crippen molar-refractivity contribution in [2.24, 2.45) is 11.7 Å². The van der Waals surface area contributed by atoms with Gasteiger partial charge < -0.3 is 20.3 Å². The number of ether oxygens (including phenoxy) is 2. The van der Waals surface area contributed by atoms with Crippen molar-refractivity contribution >= 4 is 29.4 Å². The SMILES string of the molecule is CC(C)[C@H](N)C(=O)OCOC(=O)[C@H](O)CN(Cc1ccc(-c2cc(Cl)ccc2F)cc1)NC(=O)c1nn[nH]n1. The van der Waals surface area contributed by atoms with Crippen molar-refractivity contribution in [3.8, 4) is 11.1 Å². The lowest BCUT2D eigenvalue weighted by atomic mass is 10.0. The predicted octanol–water partition coefficient (Wildman–Crippen LogP) is 1.19. The number of carbonyl (C=O) groups is 3. The number of amides is 1. The van der Waals surface area contributed by atoms with Gasteiger partial charge in [-0.2, -0.15) is 5.21 Å². The molecule has 2 atom stereocenters. The van der Waals surface area contributed by atoms with Crippen molar-refractivity contribution < 1.29 is 33.4 Å². The van der Waals surface area contributed by atoms with Crippen LogP contribution in [0, 0.1) is 11.7 Å². The summed E-state index contributed by atoms with van der Waals surface area (Å²) in [5.74, 6) is -3.54. The van der Waals surface area contributed by atoms with Crippen molar-refractivity contribution in [3.05, 3.63) is 64.7 Å². The summed E-state index contributed by atoms with van der Waals surface area (Å²) in [4.78, 5) is 36.5. The topological polar surface area (TPSA) is 186 Å². The highest BCUT2D eigenvalue weighted by Crippen LogP contribution is 2.26. The Morgan fingerprint density at radius 2 is 1.85 bits per heavy atom. The monoisotopic (exact) mass is 563 g/mol. The van der Waals surface area contributed by atoms with Crippen molar-refractivity contribution in [3.63, 3.8) is 0 Å². The fourth-order valence-corrected chi connectivity index (χ4v) is 3.40. The average molecular weight is 564 g/mol. The first-order valence-corrected chi connectivity index (χ1v) is 12.0. The number of benzene rings is 2. The maximum atomic E-state index is 14.2. The minimum absolute atomic E-state index is 0.00443. The number of nitrogens with zero attached hydrogens (tertiary/aromatic N) is 4. The standard InChI is InChI=1S/C24H27ClFN7O6/c1-13(2)20(27)24(37)39-12-38-23(36)19(34)11-33(30-22(35)21-28-31-32-29-21)10-14-3-5-15(6-4-14)17-9-16(25)7-8-18(17)26/h3-9,13,19-20,34H,10-12,27H2,1-2H3,(H,30,35)(H,28,29,31,32)/t19-,20+/m1/s1. The van der Waals surface area contributed by atoms with Gasteiger partial charge >= 0.3 is 17.8 Å². The van der Waals surface area contributed by atoms with E-state index in [-0.39, 0.29) is 18.3 Å². The summed E-state index contributed by atoms with van der Waals surface area (Å²) in [5.41, 5.74) is 9.65. The van der Waals surface area contributed by atoms with E-state index >= 15 is 0 Å². The first kappa shape index (κ1) is 29.6. The molecule has 0 saturated heterocycles. The van der Waals surface area contributed by atoms with Gasteiger partial charge in [0.2, 0.25) is 6.79 Å². The van der Waals surface area contributed by atoms with E-state index in [1.54, 1.807) is 38.1 Å².